The van der Waals surface area contributed by atoms with Crippen LogP contribution in [0.1, 0.15) is 23.6 Å². The quantitative estimate of drug-likeness (QED) is 0.782. The summed E-state index contributed by atoms with van der Waals surface area (Å²) in [6, 6.07) is 3.84. The molecule has 1 rings (SSSR count). The fraction of sp³-hybridized carbons (Fsp3) is 0.222. The summed E-state index contributed by atoms with van der Waals surface area (Å²) in [5, 5.41) is 8.55. The summed E-state index contributed by atoms with van der Waals surface area (Å²) in [6.45, 7) is 0. The van der Waals surface area contributed by atoms with Gasteiger partial charge < -0.3 is 10.8 Å². The van der Waals surface area contributed by atoms with Gasteiger partial charge in [0.1, 0.15) is 6.04 Å². The highest BCUT2D eigenvalue weighted by Crippen LogP contribution is 2.21. The van der Waals surface area contributed by atoms with Gasteiger partial charge in [0.2, 0.25) is 0 Å². The lowest BCUT2D eigenvalue weighted by molar-refractivity contribution is -0.138. The summed E-state index contributed by atoms with van der Waals surface area (Å²) < 4.78 is 24.4. The van der Waals surface area contributed by atoms with Gasteiger partial charge >= 0.3 is 5.97 Å². The first-order valence-corrected chi connectivity index (χ1v) is 3.88. The Morgan fingerprint density at radius 2 is 1.93 bits per heavy atom. The van der Waals surface area contributed by atoms with Crippen LogP contribution in [-0.4, -0.2) is 11.1 Å². The van der Waals surface area contributed by atoms with Gasteiger partial charge in [-0.25, -0.2) is 8.78 Å². The number of carboxylic acid groups (broad SMARTS) is 1. The predicted octanol–water partition coefficient (Wildman–Crippen LogP) is 1.71. The second-order valence-corrected chi connectivity index (χ2v) is 2.79. The molecule has 0 heterocycles. The summed E-state index contributed by atoms with van der Waals surface area (Å²) in [6.07, 6.45) is -2.61. The van der Waals surface area contributed by atoms with Crippen molar-refractivity contribution in [2.75, 3.05) is 0 Å². The molecular formula is C9H9F2NO2. The van der Waals surface area contributed by atoms with E-state index in [1.165, 1.54) is 18.2 Å². The highest BCUT2D eigenvalue weighted by molar-refractivity contribution is 5.75. The van der Waals surface area contributed by atoms with Crippen LogP contribution in [0.3, 0.4) is 0 Å². The second-order valence-electron chi connectivity index (χ2n) is 2.79. The predicted molar refractivity (Wildman–Crippen MR) is 46.0 cm³/mol. The first-order valence-electron chi connectivity index (χ1n) is 3.88. The van der Waals surface area contributed by atoms with Gasteiger partial charge in [0.25, 0.3) is 6.43 Å². The van der Waals surface area contributed by atoms with E-state index in [0.29, 0.717) is 0 Å². The first kappa shape index (κ1) is 10.6. The standard InChI is InChI=1S/C9H9F2NO2/c10-8(11)6-3-1-2-5(4-6)7(12)9(13)14/h1-4,7-8H,12H2,(H,13,14). The van der Waals surface area contributed by atoms with Crippen LogP contribution in [0, 0.1) is 0 Å². The van der Waals surface area contributed by atoms with Gasteiger partial charge in [0.05, 0.1) is 0 Å². The average molecular weight is 201 g/mol. The molecule has 3 nitrogen and oxygen atoms in total. The zero-order valence-electron chi connectivity index (χ0n) is 7.15. The Hall–Kier alpha value is -1.49. The van der Waals surface area contributed by atoms with Crippen molar-refractivity contribution in [2.45, 2.75) is 12.5 Å². The summed E-state index contributed by atoms with van der Waals surface area (Å²) in [5.74, 6) is -1.24. The van der Waals surface area contributed by atoms with Crippen molar-refractivity contribution >= 4 is 5.97 Å². The van der Waals surface area contributed by atoms with E-state index in [1.807, 2.05) is 0 Å². The van der Waals surface area contributed by atoms with E-state index in [4.69, 9.17) is 10.8 Å². The van der Waals surface area contributed by atoms with Crippen LogP contribution >= 0.6 is 0 Å². The molecule has 0 saturated heterocycles. The number of nitrogens with two attached hydrogens (primary N) is 1. The van der Waals surface area contributed by atoms with E-state index in [0.717, 1.165) is 6.07 Å². The number of hydrogen-bond donors (Lipinski definition) is 2. The minimum Gasteiger partial charge on any atom is -0.480 e. The minimum absolute atomic E-state index is 0.176. The molecule has 0 spiro atoms. The second kappa shape index (κ2) is 4.15. The highest BCUT2D eigenvalue weighted by Gasteiger charge is 2.16. The largest absolute Gasteiger partial charge is 0.480 e. The molecular weight excluding hydrogens is 192 g/mol. The monoisotopic (exact) mass is 201 g/mol. The summed E-state index contributed by atoms with van der Waals surface area (Å²) >= 11 is 0. The molecule has 1 aromatic carbocycles. The first-order chi connectivity index (χ1) is 6.52. The molecule has 0 amide bonds. The van der Waals surface area contributed by atoms with Gasteiger partial charge in [-0.1, -0.05) is 18.2 Å². The molecule has 1 atom stereocenters. The fourth-order valence-corrected chi connectivity index (χ4v) is 1.03. The van der Waals surface area contributed by atoms with Crippen molar-refractivity contribution in [3.05, 3.63) is 35.4 Å². The van der Waals surface area contributed by atoms with Crippen LogP contribution in [0.4, 0.5) is 8.78 Å². The van der Waals surface area contributed by atoms with Crippen molar-refractivity contribution in [3.63, 3.8) is 0 Å². The fourth-order valence-electron chi connectivity index (χ4n) is 1.03. The molecule has 0 saturated carbocycles. The average Bonchev–Trinajstić information content (AvgIpc) is 2.16. The lowest BCUT2D eigenvalue weighted by Crippen LogP contribution is -2.20. The van der Waals surface area contributed by atoms with E-state index >= 15 is 0 Å². The molecule has 0 aliphatic rings. The van der Waals surface area contributed by atoms with Gasteiger partial charge in [-0.2, -0.15) is 0 Å². The van der Waals surface area contributed by atoms with Gasteiger partial charge in [0.15, 0.2) is 0 Å². The smallest absolute Gasteiger partial charge is 0.325 e. The van der Waals surface area contributed by atoms with Crippen molar-refractivity contribution in [3.8, 4) is 0 Å². The number of alkyl halides is 2. The number of aliphatic carboxylic acids is 1. The summed E-state index contributed by atoms with van der Waals surface area (Å²) in [5.41, 5.74) is 5.22. The van der Waals surface area contributed by atoms with Crippen molar-refractivity contribution < 1.29 is 18.7 Å². The molecule has 0 bridgehead atoms. The molecule has 0 aliphatic heterocycles. The van der Waals surface area contributed by atoms with Gasteiger partial charge in [-0.05, 0) is 11.6 Å². The Kier molecular flexibility index (Phi) is 3.14. The van der Waals surface area contributed by atoms with Crippen molar-refractivity contribution in [1.29, 1.82) is 0 Å². The highest BCUT2D eigenvalue weighted by atomic mass is 19.3. The van der Waals surface area contributed by atoms with E-state index in [1.54, 1.807) is 0 Å². The van der Waals surface area contributed by atoms with Gasteiger partial charge in [0, 0.05) is 5.56 Å². The number of hydrogen-bond acceptors (Lipinski definition) is 2. The molecule has 0 aromatic heterocycles. The molecule has 5 heteroatoms. The van der Waals surface area contributed by atoms with Crippen LogP contribution in [0.2, 0.25) is 0 Å². The van der Waals surface area contributed by atoms with Gasteiger partial charge in [-0.3, -0.25) is 4.79 Å². The molecule has 1 aromatic rings. The molecule has 3 N–H and O–H groups in total. The van der Waals surface area contributed by atoms with Crippen LogP contribution in [0.15, 0.2) is 24.3 Å². The lowest BCUT2D eigenvalue weighted by atomic mass is 10.1. The lowest BCUT2D eigenvalue weighted by Gasteiger charge is -2.08. The normalized spacial score (nSPS) is 12.9. The Balaban J connectivity index is 2.99. The Morgan fingerprint density at radius 1 is 1.36 bits per heavy atom. The molecule has 0 aliphatic carbocycles. The van der Waals surface area contributed by atoms with Gasteiger partial charge in [-0.15, -0.1) is 0 Å². The van der Waals surface area contributed by atoms with Crippen LogP contribution in [0.25, 0.3) is 0 Å². The van der Waals surface area contributed by atoms with Crippen molar-refractivity contribution in [1.82, 2.24) is 0 Å². The zero-order valence-corrected chi connectivity index (χ0v) is 7.15. The Morgan fingerprint density at radius 3 is 2.43 bits per heavy atom. The van der Waals surface area contributed by atoms with E-state index in [2.05, 4.69) is 0 Å². The Labute approximate surface area is 79.2 Å². The summed E-state index contributed by atoms with van der Waals surface area (Å²) in [4.78, 5) is 10.5. The number of benzene rings is 1. The third-order valence-corrected chi connectivity index (χ3v) is 1.79. The number of carbonyl (C=O) groups is 1. The molecule has 76 valence electrons. The third kappa shape index (κ3) is 2.26. The van der Waals surface area contributed by atoms with E-state index < -0.39 is 18.4 Å². The van der Waals surface area contributed by atoms with E-state index in [9.17, 15) is 13.6 Å². The number of halogens is 2. The summed E-state index contributed by atoms with van der Waals surface area (Å²) in [7, 11) is 0. The maximum Gasteiger partial charge on any atom is 0.325 e. The topological polar surface area (TPSA) is 63.3 Å². The van der Waals surface area contributed by atoms with Crippen LogP contribution < -0.4 is 5.73 Å². The molecule has 0 fully saturated rings. The maximum atomic E-state index is 12.2. The maximum absolute atomic E-state index is 12.2. The Bertz CT molecular complexity index is 341. The SMILES string of the molecule is NC(C(=O)O)c1cccc(C(F)F)c1. The third-order valence-electron chi connectivity index (χ3n) is 1.79. The zero-order chi connectivity index (χ0) is 10.7. The van der Waals surface area contributed by atoms with Crippen molar-refractivity contribution in [2.24, 2.45) is 5.73 Å². The number of carboxylic acids is 1. The number of rotatable bonds is 3. The van der Waals surface area contributed by atoms with E-state index in [-0.39, 0.29) is 11.1 Å². The molecule has 0 radical (unpaired) electrons. The molecule has 14 heavy (non-hydrogen) atoms. The van der Waals surface area contributed by atoms with Crippen LogP contribution in [-0.2, 0) is 4.79 Å². The van der Waals surface area contributed by atoms with Crippen LogP contribution in [0.5, 0.6) is 0 Å². The minimum atomic E-state index is -2.61. The molecule has 1 unspecified atom stereocenters.